The van der Waals surface area contributed by atoms with Gasteiger partial charge in [-0.05, 0) is 32.0 Å². The Morgan fingerprint density at radius 2 is 1.89 bits per heavy atom. The number of nitrogens with two attached hydrogens (primary N) is 1. The van der Waals surface area contributed by atoms with Gasteiger partial charge in [-0.15, -0.1) is 12.4 Å². The molecule has 4 rings (SSSR count). The molecule has 1 aliphatic heterocycles. The molecular formula is C19H22ClFN6O. The van der Waals surface area contributed by atoms with E-state index in [1.165, 1.54) is 6.20 Å². The van der Waals surface area contributed by atoms with Gasteiger partial charge in [0.2, 0.25) is 0 Å². The smallest absolute Gasteiger partial charge is 0.268 e. The lowest BCUT2D eigenvalue weighted by Crippen LogP contribution is -2.43. The van der Waals surface area contributed by atoms with Gasteiger partial charge in [0.15, 0.2) is 5.65 Å². The fourth-order valence-electron chi connectivity index (χ4n) is 3.57. The van der Waals surface area contributed by atoms with Gasteiger partial charge < -0.3 is 16.0 Å². The molecule has 0 saturated carbocycles. The molecule has 0 atom stereocenters. The third-order valence-electron chi connectivity index (χ3n) is 4.89. The molecule has 2 aromatic heterocycles. The number of hydrogen-bond acceptors (Lipinski definition) is 5. The van der Waals surface area contributed by atoms with Crippen molar-refractivity contribution in [2.45, 2.75) is 13.8 Å². The van der Waals surface area contributed by atoms with Crippen LogP contribution in [0.5, 0.6) is 0 Å². The van der Waals surface area contributed by atoms with E-state index in [2.05, 4.69) is 20.2 Å². The van der Waals surface area contributed by atoms with Crippen molar-refractivity contribution in [3.05, 3.63) is 47.3 Å². The number of hydrogen-bond donors (Lipinski definition) is 2. The second-order valence-electron chi connectivity index (χ2n) is 6.72. The summed E-state index contributed by atoms with van der Waals surface area (Å²) in [5, 5.41) is 3.29. The molecule has 0 aliphatic carbocycles. The molecule has 0 bridgehead atoms. The van der Waals surface area contributed by atoms with Crippen LogP contribution in [-0.2, 0) is 0 Å². The van der Waals surface area contributed by atoms with Crippen LogP contribution in [0.4, 0.5) is 10.1 Å². The number of aromatic nitrogens is 3. The Bertz CT molecular complexity index is 1040. The van der Waals surface area contributed by atoms with E-state index >= 15 is 4.39 Å². The average Bonchev–Trinajstić information content (AvgIpc) is 2.99. The normalized spacial score (nSPS) is 14.2. The molecule has 148 valence electrons. The summed E-state index contributed by atoms with van der Waals surface area (Å²) in [6.45, 7) is 7.04. The molecule has 1 aromatic carbocycles. The van der Waals surface area contributed by atoms with Gasteiger partial charge in [0.25, 0.3) is 5.91 Å². The molecular weight excluding hydrogens is 383 g/mol. The van der Waals surface area contributed by atoms with E-state index in [1.807, 2.05) is 13.0 Å². The molecule has 1 amide bonds. The summed E-state index contributed by atoms with van der Waals surface area (Å²) in [7, 11) is 0. The Morgan fingerprint density at radius 1 is 1.18 bits per heavy atom. The molecule has 9 heteroatoms. The van der Waals surface area contributed by atoms with Gasteiger partial charge in [0.05, 0.1) is 17.1 Å². The number of fused-ring (bicyclic) bond motifs is 1. The number of benzene rings is 1. The van der Waals surface area contributed by atoms with Gasteiger partial charge in [-0.3, -0.25) is 9.20 Å². The summed E-state index contributed by atoms with van der Waals surface area (Å²) < 4.78 is 16.7. The lowest BCUT2D eigenvalue weighted by molar-refractivity contribution is 0.0995. The van der Waals surface area contributed by atoms with Crippen LogP contribution in [0.25, 0.3) is 16.9 Å². The summed E-state index contributed by atoms with van der Waals surface area (Å²) in [6.07, 6.45) is 1.52. The summed E-state index contributed by atoms with van der Waals surface area (Å²) in [4.78, 5) is 22.4. The SMILES string of the molecule is Cc1nc2c(C)nc(C(N)=O)cn2c1-c1ccc(N2CCNCC2)cc1F.Cl. The first-order chi connectivity index (χ1) is 13.0. The molecule has 0 unspecified atom stereocenters. The number of nitrogens with zero attached hydrogens (tertiary/aromatic N) is 4. The molecule has 0 radical (unpaired) electrons. The number of carbonyl (C=O) groups excluding carboxylic acids is 1. The number of anilines is 1. The predicted molar refractivity (Wildman–Crippen MR) is 109 cm³/mol. The second-order valence-corrected chi connectivity index (χ2v) is 6.72. The van der Waals surface area contributed by atoms with Crippen LogP contribution in [0.15, 0.2) is 24.4 Å². The number of imidazole rings is 1. The standard InChI is InChI=1S/C19H21FN6O.ClH/c1-11-17(26-10-16(18(21)27)23-12(2)19(26)24-11)14-4-3-13(9-15(14)20)25-7-5-22-6-8-25;/h3-4,9-10,22H,5-8H2,1-2H3,(H2,21,27);1H. The Labute approximate surface area is 168 Å². The van der Waals surface area contributed by atoms with Crippen molar-refractivity contribution in [3.8, 4) is 11.3 Å². The van der Waals surface area contributed by atoms with Crippen LogP contribution in [0.3, 0.4) is 0 Å². The molecule has 1 saturated heterocycles. The van der Waals surface area contributed by atoms with Gasteiger partial charge in [-0.25, -0.2) is 14.4 Å². The van der Waals surface area contributed by atoms with Crippen molar-refractivity contribution in [3.63, 3.8) is 0 Å². The minimum absolute atomic E-state index is 0. The van der Waals surface area contributed by atoms with E-state index in [-0.39, 0.29) is 23.9 Å². The maximum Gasteiger partial charge on any atom is 0.268 e. The van der Waals surface area contributed by atoms with Gasteiger partial charge in [-0.2, -0.15) is 0 Å². The topological polar surface area (TPSA) is 88.5 Å². The van der Waals surface area contributed by atoms with Crippen molar-refractivity contribution in [1.82, 2.24) is 19.7 Å². The maximum atomic E-state index is 15.0. The molecule has 3 heterocycles. The van der Waals surface area contributed by atoms with Crippen LogP contribution < -0.4 is 16.0 Å². The minimum atomic E-state index is -0.633. The van der Waals surface area contributed by atoms with Crippen molar-refractivity contribution in [2.24, 2.45) is 5.73 Å². The van der Waals surface area contributed by atoms with E-state index in [0.717, 1.165) is 31.9 Å². The van der Waals surface area contributed by atoms with Crippen LogP contribution >= 0.6 is 12.4 Å². The average molecular weight is 405 g/mol. The summed E-state index contributed by atoms with van der Waals surface area (Å²) in [5.41, 5.74) is 9.21. The van der Waals surface area contributed by atoms with Gasteiger partial charge in [0.1, 0.15) is 11.5 Å². The number of carbonyl (C=O) groups is 1. The third kappa shape index (κ3) is 3.41. The summed E-state index contributed by atoms with van der Waals surface area (Å²) in [6, 6.07) is 5.25. The molecule has 1 fully saturated rings. The predicted octanol–water partition coefficient (Wildman–Crippen LogP) is 2.08. The molecule has 0 spiro atoms. The lowest BCUT2D eigenvalue weighted by atomic mass is 10.1. The van der Waals surface area contributed by atoms with Crippen molar-refractivity contribution in [1.29, 1.82) is 0 Å². The molecule has 28 heavy (non-hydrogen) atoms. The maximum absolute atomic E-state index is 15.0. The number of rotatable bonds is 3. The van der Waals surface area contributed by atoms with Crippen LogP contribution in [0.1, 0.15) is 21.9 Å². The Hall–Kier alpha value is -2.71. The summed E-state index contributed by atoms with van der Waals surface area (Å²) >= 11 is 0. The molecule has 7 nitrogen and oxygen atoms in total. The van der Waals surface area contributed by atoms with E-state index in [0.29, 0.717) is 28.3 Å². The zero-order valence-electron chi connectivity index (χ0n) is 15.7. The highest BCUT2D eigenvalue weighted by Crippen LogP contribution is 2.30. The van der Waals surface area contributed by atoms with Crippen molar-refractivity contribution in [2.75, 3.05) is 31.1 Å². The third-order valence-corrected chi connectivity index (χ3v) is 4.89. The highest BCUT2D eigenvalue weighted by Gasteiger charge is 2.20. The molecule has 3 aromatic rings. The van der Waals surface area contributed by atoms with Gasteiger partial charge in [-0.1, -0.05) is 0 Å². The number of amides is 1. The summed E-state index contributed by atoms with van der Waals surface area (Å²) in [5.74, 6) is -0.960. The first-order valence-corrected chi connectivity index (χ1v) is 8.87. The zero-order chi connectivity index (χ0) is 19.1. The van der Waals surface area contributed by atoms with Crippen LogP contribution in [-0.4, -0.2) is 46.5 Å². The van der Waals surface area contributed by atoms with Gasteiger partial charge >= 0.3 is 0 Å². The fraction of sp³-hybridized carbons (Fsp3) is 0.316. The minimum Gasteiger partial charge on any atom is -0.369 e. The number of primary amides is 1. The molecule has 3 N–H and O–H groups in total. The van der Waals surface area contributed by atoms with Crippen LogP contribution in [0, 0.1) is 19.7 Å². The highest BCUT2D eigenvalue weighted by atomic mass is 35.5. The van der Waals surface area contributed by atoms with E-state index in [9.17, 15) is 4.79 Å². The fourth-order valence-corrected chi connectivity index (χ4v) is 3.57. The van der Waals surface area contributed by atoms with E-state index in [1.54, 1.807) is 23.5 Å². The second kappa shape index (κ2) is 7.73. The number of aryl methyl sites for hydroxylation is 2. The first-order valence-electron chi connectivity index (χ1n) is 8.87. The first kappa shape index (κ1) is 20.0. The van der Waals surface area contributed by atoms with E-state index in [4.69, 9.17) is 5.73 Å². The van der Waals surface area contributed by atoms with Crippen molar-refractivity contribution >= 4 is 29.6 Å². The number of nitrogens with one attached hydrogen (secondary N) is 1. The highest BCUT2D eigenvalue weighted by molar-refractivity contribution is 5.91. The Balaban J connectivity index is 0.00000225. The quantitative estimate of drug-likeness (QED) is 0.697. The van der Waals surface area contributed by atoms with Crippen LogP contribution in [0.2, 0.25) is 0 Å². The zero-order valence-corrected chi connectivity index (χ0v) is 16.5. The molecule has 1 aliphatic rings. The van der Waals surface area contributed by atoms with Crippen molar-refractivity contribution < 1.29 is 9.18 Å². The lowest BCUT2D eigenvalue weighted by Gasteiger charge is -2.29. The van der Waals surface area contributed by atoms with E-state index < -0.39 is 5.91 Å². The number of halogens is 2. The largest absolute Gasteiger partial charge is 0.369 e. The Kier molecular flexibility index (Phi) is 5.53. The monoisotopic (exact) mass is 404 g/mol. The Morgan fingerprint density at radius 3 is 2.54 bits per heavy atom. The number of piperazine rings is 1. The van der Waals surface area contributed by atoms with Gasteiger partial charge in [0, 0.05) is 43.6 Å².